The molecule has 0 heterocycles. The summed E-state index contributed by atoms with van der Waals surface area (Å²) in [5, 5.41) is 13.0. The second-order valence-corrected chi connectivity index (χ2v) is 8.66. The number of carbonyl (C=O) groups is 1. The molecule has 7 heteroatoms. The van der Waals surface area contributed by atoms with Crippen molar-refractivity contribution in [2.75, 3.05) is 32.1 Å². The number of nitrogens with one attached hydrogen (secondary N) is 1. The molecule has 1 aromatic carbocycles. The van der Waals surface area contributed by atoms with Crippen molar-refractivity contribution >= 4 is 17.9 Å². The molecule has 0 fully saturated rings. The first kappa shape index (κ1) is 26.1. The first-order valence-corrected chi connectivity index (χ1v) is 10.7. The molecule has 170 valence electrons. The van der Waals surface area contributed by atoms with Crippen LogP contribution in [0.2, 0.25) is 0 Å². The van der Waals surface area contributed by atoms with Crippen LogP contribution >= 0.6 is 0 Å². The predicted molar refractivity (Wildman–Crippen MR) is 124 cm³/mol. The molecule has 30 heavy (non-hydrogen) atoms. The Hall–Kier alpha value is -1.96. The Labute approximate surface area is 181 Å². The van der Waals surface area contributed by atoms with Gasteiger partial charge in [0, 0.05) is 38.9 Å². The molecule has 1 rings (SSSR count). The zero-order valence-corrected chi connectivity index (χ0v) is 19.2. The highest BCUT2D eigenvalue weighted by molar-refractivity contribution is 5.90. The highest BCUT2D eigenvalue weighted by atomic mass is 16.5. The monoisotopic (exact) mass is 420 g/mol. The first-order valence-electron chi connectivity index (χ1n) is 10.7. The Kier molecular flexibility index (Phi) is 11.6. The van der Waals surface area contributed by atoms with Gasteiger partial charge in [-0.25, -0.2) is 0 Å². The SMILES string of the molecule is COC(CCN=CN)CN(CCCCC(=O)Nc1ccc(C(C)(C)C)cc1)C(C)O. The number of unbranched alkanes of at least 4 members (excludes halogenated alkanes) is 1. The Balaban J connectivity index is 2.39. The first-order chi connectivity index (χ1) is 14.2. The van der Waals surface area contributed by atoms with Crippen LogP contribution in [0, 0.1) is 0 Å². The molecule has 2 atom stereocenters. The number of carbonyl (C=O) groups excluding carboxylic acids is 1. The number of anilines is 1. The van der Waals surface area contributed by atoms with Crippen molar-refractivity contribution in [2.45, 2.75) is 71.1 Å². The van der Waals surface area contributed by atoms with E-state index in [4.69, 9.17) is 10.5 Å². The fourth-order valence-electron chi connectivity index (χ4n) is 3.15. The largest absolute Gasteiger partial charge is 0.390 e. The van der Waals surface area contributed by atoms with Gasteiger partial charge in [-0.05, 0) is 49.3 Å². The van der Waals surface area contributed by atoms with Crippen LogP contribution < -0.4 is 11.1 Å². The molecular formula is C23H40N4O3. The summed E-state index contributed by atoms with van der Waals surface area (Å²) in [6, 6.07) is 8.02. The molecule has 0 aliphatic rings. The lowest BCUT2D eigenvalue weighted by molar-refractivity contribution is -0.116. The molecule has 2 unspecified atom stereocenters. The summed E-state index contributed by atoms with van der Waals surface area (Å²) in [6.45, 7) is 10.2. The van der Waals surface area contributed by atoms with E-state index in [0.29, 0.717) is 26.1 Å². The molecule has 0 radical (unpaired) electrons. The van der Waals surface area contributed by atoms with Crippen molar-refractivity contribution in [1.29, 1.82) is 0 Å². The number of hydrogen-bond acceptors (Lipinski definition) is 5. The van der Waals surface area contributed by atoms with E-state index in [1.165, 1.54) is 11.9 Å². The number of aliphatic hydroxyl groups excluding tert-OH is 1. The molecule has 0 saturated heterocycles. The highest BCUT2D eigenvalue weighted by Gasteiger charge is 2.17. The zero-order chi connectivity index (χ0) is 22.6. The fraction of sp³-hybridized carbons (Fsp3) is 0.652. The Morgan fingerprint density at radius 1 is 1.30 bits per heavy atom. The van der Waals surface area contributed by atoms with Gasteiger partial charge in [-0.15, -0.1) is 0 Å². The molecule has 7 nitrogen and oxygen atoms in total. The number of ether oxygens (including phenoxy) is 1. The minimum Gasteiger partial charge on any atom is -0.390 e. The van der Waals surface area contributed by atoms with Gasteiger partial charge in [0.15, 0.2) is 0 Å². The van der Waals surface area contributed by atoms with Crippen molar-refractivity contribution in [2.24, 2.45) is 10.7 Å². The smallest absolute Gasteiger partial charge is 0.224 e. The van der Waals surface area contributed by atoms with Crippen molar-refractivity contribution in [3.63, 3.8) is 0 Å². The molecule has 1 amide bonds. The standard InChI is InChI=1S/C23H40N4O3/c1-18(28)27(16-21(30-5)13-14-25-17-24)15-7-6-8-22(29)26-20-11-9-19(10-12-20)23(2,3)4/h9-12,17-18,21,28H,6-8,13-16H2,1-5H3,(H2,24,25)(H,26,29). The summed E-state index contributed by atoms with van der Waals surface area (Å²) >= 11 is 0. The van der Waals surface area contributed by atoms with Gasteiger partial charge >= 0.3 is 0 Å². The van der Waals surface area contributed by atoms with E-state index in [1.54, 1.807) is 14.0 Å². The van der Waals surface area contributed by atoms with Crippen LogP contribution in [0.5, 0.6) is 0 Å². The van der Waals surface area contributed by atoms with Crippen molar-refractivity contribution < 1.29 is 14.6 Å². The zero-order valence-electron chi connectivity index (χ0n) is 19.2. The summed E-state index contributed by atoms with van der Waals surface area (Å²) in [5.41, 5.74) is 7.42. The third-order valence-electron chi connectivity index (χ3n) is 5.12. The predicted octanol–water partition coefficient (Wildman–Crippen LogP) is 3.13. The number of hydrogen-bond donors (Lipinski definition) is 3. The van der Waals surface area contributed by atoms with Gasteiger partial charge in [0.1, 0.15) is 6.23 Å². The van der Waals surface area contributed by atoms with E-state index >= 15 is 0 Å². The van der Waals surface area contributed by atoms with Crippen LogP contribution in [0.1, 0.15) is 58.9 Å². The third kappa shape index (κ3) is 10.2. The summed E-state index contributed by atoms with van der Waals surface area (Å²) in [7, 11) is 1.66. The second kappa shape index (κ2) is 13.4. The van der Waals surface area contributed by atoms with Crippen LogP contribution in [-0.4, -0.2) is 61.3 Å². The van der Waals surface area contributed by atoms with Gasteiger partial charge < -0.3 is 20.9 Å². The minimum absolute atomic E-state index is 0.0107. The van der Waals surface area contributed by atoms with Crippen molar-refractivity contribution in [3.05, 3.63) is 29.8 Å². The number of benzene rings is 1. The van der Waals surface area contributed by atoms with E-state index in [0.717, 1.165) is 24.9 Å². The maximum Gasteiger partial charge on any atom is 0.224 e. The van der Waals surface area contributed by atoms with Gasteiger partial charge in [-0.2, -0.15) is 0 Å². The average molecular weight is 421 g/mol. The molecule has 1 aromatic rings. The molecule has 0 spiro atoms. The maximum absolute atomic E-state index is 12.2. The van der Waals surface area contributed by atoms with E-state index in [1.807, 2.05) is 17.0 Å². The van der Waals surface area contributed by atoms with E-state index in [2.05, 4.69) is 43.2 Å². The van der Waals surface area contributed by atoms with Crippen molar-refractivity contribution in [3.8, 4) is 0 Å². The van der Waals surface area contributed by atoms with E-state index < -0.39 is 6.23 Å². The number of methoxy groups -OCH3 is 1. The van der Waals surface area contributed by atoms with Gasteiger partial charge in [-0.3, -0.25) is 14.7 Å². The summed E-state index contributed by atoms with van der Waals surface area (Å²) in [5.74, 6) is 0.0107. The molecular weight excluding hydrogens is 380 g/mol. The Morgan fingerprint density at radius 3 is 2.50 bits per heavy atom. The second-order valence-electron chi connectivity index (χ2n) is 8.66. The molecule has 0 aromatic heterocycles. The topological polar surface area (TPSA) is 100 Å². The quantitative estimate of drug-likeness (QED) is 0.197. The van der Waals surface area contributed by atoms with Gasteiger partial charge in [0.05, 0.1) is 12.4 Å². The molecule has 0 aliphatic carbocycles. The van der Waals surface area contributed by atoms with Crippen LogP contribution in [0.25, 0.3) is 0 Å². The highest BCUT2D eigenvalue weighted by Crippen LogP contribution is 2.23. The van der Waals surface area contributed by atoms with E-state index in [9.17, 15) is 9.90 Å². The number of aliphatic imine (C=N–C) groups is 1. The molecule has 0 bridgehead atoms. The van der Waals surface area contributed by atoms with Crippen LogP contribution in [0.15, 0.2) is 29.3 Å². The number of nitrogens with two attached hydrogens (primary N) is 1. The minimum atomic E-state index is -0.573. The summed E-state index contributed by atoms with van der Waals surface area (Å²) in [4.78, 5) is 18.2. The van der Waals surface area contributed by atoms with Gasteiger partial charge in [0.2, 0.25) is 5.91 Å². The molecule has 4 N–H and O–H groups in total. The van der Waals surface area contributed by atoms with Gasteiger partial charge in [0.25, 0.3) is 0 Å². The lowest BCUT2D eigenvalue weighted by Gasteiger charge is -2.29. The maximum atomic E-state index is 12.2. The van der Waals surface area contributed by atoms with Crippen molar-refractivity contribution in [1.82, 2.24) is 4.90 Å². The van der Waals surface area contributed by atoms with E-state index in [-0.39, 0.29) is 17.4 Å². The normalized spacial score (nSPS) is 14.2. The summed E-state index contributed by atoms with van der Waals surface area (Å²) < 4.78 is 5.49. The molecule has 0 saturated carbocycles. The Bertz CT molecular complexity index is 639. The lowest BCUT2D eigenvalue weighted by Crippen LogP contribution is -2.40. The Morgan fingerprint density at radius 2 is 1.97 bits per heavy atom. The summed E-state index contributed by atoms with van der Waals surface area (Å²) in [6.07, 6.45) is 3.46. The van der Waals surface area contributed by atoms with Crippen LogP contribution in [0.3, 0.4) is 0 Å². The lowest BCUT2D eigenvalue weighted by atomic mass is 9.87. The fourth-order valence-corrected chi connectivity index (χ4v) is 3.15. The van der Waals surface area contributed by atoms with Crippen LogP contribution in [0.4, 0.5) is 5.69 Å². The van der Waals surface area contributed by atoms with Crippen LogP contribution in [-0.2, 0) is 14.9 Å². The number of rotatable bonds is 13. The number of amides is 1. The number of aliphatic hydroxyl groups is 1. The number of nitrogens with zero attached hydrogens (tertiary/aromatic N) is 2. The van der Waals surface area contributed by atoms with Gasteiger partial charge in [-0.1, -0.05) is 32.9 Å². The average Bonchev–Trinajstić information content (AvgIpc) is 2.68. The molecule has 0 aliphatic heterocycles. The third-order valence-corrected chi connectivity index (χ3v) is 5.12.